The first kappa shape index (κ1) is 12.4. The Morgan fingerprint density at radius 3 is 2.82 bits per heavy atom. The van der Waals surface area contributed by atoms with Gasteiger partial charge >= 0.3 is 0 Å². The molecule has 1 unspecified atom stereocenters. The highest BCUT2D eigenvalue weighted by atomic mass is 15.2. The molecule has 1 saturated heterocycles. The number of hydrogen-bond donors (Lipinski definition) is 1. The van der Waals surface area contributed by atoms with Crippen LogP contribution in [0.25, 0.3) is 0 Å². The van der Waals surface area contributed by atoms with Crippen LogP contribution in [-0.4, -0.2) is 25.7 Å². The highest BCUT2D eigenvalue weighted by molar-refractivity contribution is 5.48. The van der Waals surface area contributed by atoms with Gasteiger partial charge in [-0.05, 0) is 50.9 Å². The zero-order valence-electron chi connectivity index (χ0n) is 11.3. The van der Waals surface area contributed by atoms with Gasteiger partial charge < -0.3 is 10.2 Å². The van der Waals surface area contributed by atoms with Crippen LogP contribution in [0.2, 0.25) is 0 Å². The Labute approximate surface area is 105 Å². The van der Waals surface area contributed by atoms with Gasteiger partial charge in [-0.25, -0.2) is 0 Å². The van der Waals surface area contributed by atoms with Crippen LogP contribution in [-0.2, 0) is 0 Å². The lowest BCUT2D eigenvalue weighted by atomic mass is 9.90. The first-order valence-electron chi connectivity index (χ1n) is 6.62. The highest BCUT2D eigenvalue weighted by Gasteiger charge is 2.27. The fourth-order valence-electron chi connectivity index (χ4n) is 2.73. The van der Waals surface area contributed by atoms with Crippen molar-refractivity contribution in [3.63, 3.8) is 0 Å². The Morgan fingerprint density at radius 1 is 1.35 bits per heavy atom. The highest BCUT2D eigenvalue weighted by Crippen LogP contribution is 2.22. The van der Waals surface area contributed by atoms with E-state index in [1.807, 2.05) is 0 Å². The van der Waals surface area contributed by atoms with E-state index in [0.29, 0.717) is 0 Å². The predicted octanol–water partition coefficient (Wildman–Crippen LogP) is 2.96. The summed E-state index contributed by atoms with van der Waals surface area (Å²) in [4.78, 5) is 2.37. The van der Waals surface area contributed by atoms with Gasteiger partial charge in [0.05, 0.1) is 0 Å². The molecule has 1 aliphatic rings. The Balaban J connectivity index is 2.03. The standard InChI is InChI=1S/C15H24N2/c1-13-7-6-8-14(11-13)17(3)12-15(2)9-4-5-10-16-15/h6-8,11,16H,4-5,9-10,12H2,1-3H3. The number of nitrogens with zero attached hydrogens (tertiary/aromatic N) is 1. The molecule has 0 bridgehead atoms. The summed E-state index contributed by atoms with van der Waals surface area (Å²) >= 11 is 0. The van der Waals surface area contributed by atoms with Crippen LogP contribution < -0.4 is 10.2 Å². The van der Waals surface area contributed by atoms with Crippen LogP contribution in [0.15, 0.2) is 24.3 Å². The smallest absolute Gasteiger partial charge is 0.0366 e. The topological polar surface area (TPSA) is 15.3 Å². The Morgan fingerprint density at radius 2 is 2.18 bits per heavy atom. The van der Waals surface area contributed by atoms with Gasteiger partial charge in [0.2, 0.25) is 0 Å². The van der Waals surface area contributed by atoms with Crippen LogP contribution in [0.4, 0.5) is 5.69 Å². The second kappa shape index (κ2) is 5.09. The lowest BCUT2D eigenvalue weighted by molar-refractivity contribution is 0.283. The molecule has 0 spiro atoms. The molecule has 1 atom stereocenters. The van der Waals surface area contributed by atoms with E-state index in [0.717, 1.165) is 13.1 Å². The van der Waals surface area contributed by atoms with Gasteiger partial charge in [0, 0.05) is 24.8 Å². The first-order valence-corrected chi connectivity index (χ1v) is 6.62. The molecule has 1 aliphatic heterocycles. The third-order valence-electron chi connectivity index (χ3n) is 3.74. The average Bonchev–Trinajstić information content (AvgIpc) is 2.29. The SMILES string of the molecule is Cc1cccc(N(C)CC2(C)CCCCN2)c1. The molecule has 94 valence electrons. The van der Waals surface area contributed by atoms with Crippen molar-refractivity contribution < 1.29 is 0 Å². The third kappa shape index (κ3) is 3.22. The molecule has 0 radical (unpaired) electrons. The molecule has 0 aromatic heterocycles. The van der Waals surface area contributed by atoms with E-state index >= 15 is 0 Å². The monoisotopic (exact) mass is 232 g/mol. The van der Waals surface area contributed by atoms with E-state index in [9.17, 15) is 0 Å². The minimum absolute atomic E-state index is 0.275. The number of aryl methyl sites for hydroxylation is 1. The van der Waals surface area contributed by atoms with Crippen molar-refractivity contribution in [3.05, 3.63) is 29.8 Å². The van der Waals surface area contributed by atoms with Gasteiger partial charge in [-0.1, -0.05) is 18.6 Å². The lowest BCUT2D eigenvalue weighted by Gasteiger charge is -2.39. The van der Waals surface area contributed by atoms with E-state index in [1.165, 1.54) is 30.5 Å². The number of anilines is 1. The van der Waals surface area contributed by atoms with Crippen LogP contribution >= 0.6 is 0 Å². The van der Waals surface area contributed by atoms with E-state index in [2.05, 4.69) is 55.4 Å². The van der Waals surface area contributed by atoms with E-state index in [1.54, 1.807) is 0 Å². The number of rotatable bonds is 3. The van der Waals surface area contributed by atoms with E-state index < -0.39 is 0 Å². The van der Waals surface area contributed by atoms with Crippen molar-refractivity contribution in [1.82, 2.24) is 5.32 Å². The Bertz CT molecular complexity index is 367. The summed E-state index contributed by atoms with van der Waals surface area (Å²) in [6.07, 6.45) is 3.96. The average molecular weight is 232 g/mol. The molecular formula is C15H24N2. The summed E-state index contributed by atoms with van der Waals surface area (Å²) in [6.45, 7) is 6.74. The van der Waals surface area contributed by atoms with Gasteiger partial charge in [-0.3, -0.25) is 0 Å². The summed E-state index contributed by atoms with van der Waals surface area (Å²) in [5.74, 6) is 0. The minimum atomic E-state index is 0.275. The fraction of sp³-hybridized carbons (Fsp3) is 0.600. The maximum Gasteiger partial charge on any atom is 0.0366 e. The molecule has 2 nitrogen and oxygen atoms in total. The van der Waals surface area contributed by atoms with Crippen molar-refractivity contribution in [3.8, 4) is 0 Å². The number of likely N-dealkylation sites (N-methyl/N-ethyl adjacent to an activating group) is 1. The molecule has 1 aromatic carbocycles. The third-order valence-corrected chi connectivity index (χ3v) is 3.74. The molecule has 1 fully saturated rings. The maximum atomic E-state index is 3.67. The number of piperidine rings is 1. The summed E-state index contributed by atoms with van der Waals surface area (Å²) < 4.78 is 0. The normalized spacial score (nSPS) is 24.6. The Kier molecular flexibility index (Phi) is 3.72. The van der Waals surface area contributed by atoms with Crippen molar-refractivity contribution in [1.29, 1.82) is 0 Å². The van der Waals surface area contributed by atoms with Crippen molar-refractivity contribution in [2.75, 3.05) is 25.0 Å². The first-order chi connectivity index (χ1) is 8.09. The summed E-state index contributed by atoms with van der Waals surface area (Å²) in [5, 5.41) is 3.67. The Hall–Kier alpha value is -1.02. The summed E-state index contributed by atoms with van der Waals surface area (Å²) in [5.41, 5.74) is 2.92. The fourth-order valence-corrected chi connectivity index (χ4v) is 2.73. The predicted molar refractivity (Wildman–Crippen MR) is 74.7 cm³/mol. The number of benzene rings is 1. The largest absolute Gasteiger partial charge is 0.373 e. The molecule has 2 heteroatoms. The van der Waals surface area contributed by atoms with Crippen molar-refractivity contribution in [2.24, 2.45) is 0 Å². The van der Waals surface area contributed by atoms with Gasteiger partial charge in [-0.2, -0.15) is 0 Å². The number of hydrogen-bond acceptors (Lipinski definition) is 2. The number of nitrogens with one attached hydrogen (secondary N) is 1. The second-order valence-corrected chi connectivity index (χ2v) is 5.64. The van der Waals surface area contributed by atoms with Gasteiger partial charge in [-0.15, -0.1) is 0 Å². The summed E-state index contributed by atoms with van der Waals surface area (Å²) in [7, 11) is 2.19. The van der Waals surface area contributed by atoms with Crippen LogP contribution in [0.1, 0.15) is 31.7 Å². The molecule has 0 saturated carbocycles. The van der Waals surface area contributed by atoms with Gasteiger partial charge in [0.25, 0.3) is 0 Å². The molecular weight excluding hydrogens is 208 g/mol. The molecule has 1 N–H and O–H groups in total. The van der Waals surface area contributed by atoms with E-state index in [-0.39, 0.29) is 5.54 Å². The zero-order valence-corrected chi connectivity index (χ0v) is 11.3. The molecule has 0 aliphatic carbocycles. The lowest BCUT2D eigenvalue weighted by Crippen LogP contribution is -2.53. The zero-order chi connectivity index (χ0) is 12.3. The van der Waals surface area contributed by atoms with Crippen molar-refractivity contribution >= 4 is 5.69 Å². The second-order valence-electron chi connectivity index (χ2n) is 5.64. The van der Waals surface area contributed by atoms with Gasteiger partial charge in [0.1, 0.15) is 0 Å². The molecule has 2 rings (SSSR count). The maximum absolute atomic E-state index is 3.67. The molecule has 1 aromatic rings. The molecule has 17 heavy (non-hydrogen) atoms. The van der Waals surface area contributed by atoms with Crippen LogP contribution in [0, 0.1) is 6.92 Å². The van der Waals surface area contributed by atoms with Crippen LogP contribution in [0.5, 0.6) is 0 Å². The van der Waals surface area contributed by atoms with Gasteiger partial charge in [0.15, 0.2) is 0 Å². The molecule has 0 amide bonds. The minimum Gasteiger partial charge on any atom is -0.373 e. The summed E-state index contributed by atoms with van der Waals surface area (Å²) in [6, 6.07) is 8.74. The van der Waals surface area contributed by atoms with E-state index in [4.69, 9.17) is 0 Å². The quantitative estimate of drug-likeness (QED) is 0.862. The molecule has 1 heterocycles. The van der Waals surface area contributed by atoms with Crippen LogP contribution in [0.3, 0.4) is 0 Å². The van der Waals surface area contributed by atoms with Crippen molar-refractivity contribution in [2.45, 2.75) is 38.6 Å².